The van der Waals surface area contributed by atoms with Crippen molar-refractivity contribution >= 4 is 40.5 Å². The molecule has 26 heavy (non-hydrogen) atoms. The molecule has 0 radical (unpaired) electrons. The average Bonchev–Trinajstić information content (AvgIpc) is 3.34. The molecule has 4 rings (SSSR count). The second-order valence-electron chi connectivity index (χ2n) is 5.22. The van der Waals surface area contributed by atoms with Crippen LogP contribution in [0.3, 0.4) is 0 Å². The molecule has 3 heterocycles. The summed E-state index contributed by atoms with van der Waals surface area (Å²) in [5.74, 6) is 0.452. The summed E-state index contributed by atoms with van der Waals surface area (Å²) in [7, 11) is 0. The van der Waals surface area contributed by atoms with Gasteiger partial charge in [-0.2, -0.15) is 4.68 Å². The fourth-order valence-corrected chi connectivity index (χ4v) is 3.45. The molecule has 0 spiro atoms. The van der Waals surface area contributed by atoms with E-state index in [1.165, 1.54) is 16.0 Å². The predicted octanol–water partition coefficient (Wildman–Crippen LogP) is 4.10. The Bertz CT molecular complexity index is 1030. The van der Waals surface area contributed by atoms with Crippen molar-refractivity contribution in [2.45, 2.75) is 6.54 Å². The van der Waals surface area contributed by atoms with Gasteiger partial charge < -0.3 is 5.32 Å². The van der Waals surface area contributed by atoms with Gasteiger partial charge in [0.05, 0.1) is 31.8 Å². The molecule has 4 aromatic rings. The molecule has 0 aliphatic rings. The standard InChI is InChI=1S/C16H11Cl2N7S/c17-11-4-1-5-12(14(11)18)25-16(22-23-24-25)21-7-10-3-2-6-20-15(10)13-8-19-9-26-13/h1-6,8-9H,7H2,(H,21,22,24). The zero-order chi connectivity index (χ0) is 17.9. The molecule has 0 amide bonds. The van der Waals surface area contributed by atoms with Crippen LogP contribution in [0.2, 0.25) is 10.0 Å². The van der Waals surface area contributed by atoms with E-state index >= 15 is 0 Å². The third-order valence-electron chi connectivity index (χ3n) is 3.62. The Labute approximate surface area is 162 Å². The van der Waals surface area contributed by atoms with E-state index in [2.05, 4.69) is 30.8 Å². The first-order valence-corrected chi connectivity index (χ1v) is 9.17. The molecule has 0 bridgehead atoms. The topological polar surface area (TPSA) is 81.4 Å². The number of hydrogen-bond acceptors (Lipinski definition) is 7. The van der Waals surface area contributed by atoms with Gasteiger partial charge in [-0.3, -0.25) is 9.97 Å². The van der Waals surface area contributed by atoms with Gasteiger partial charge in [0, 0.05) is 18.9 Å². The Morgan fingerprint density at radius 2 is 2.08 bits per heavy atom. The molecule has 1 N–H and O–H groups in total. The van der Waals surface area contributed by atoms with Crippen LogP contribution in [0.5, 0.6) is 0 Å². The molecule has 0 aliphatic carbocycles. The van der Waals surface area contributed by atoms with E-state index in [0.29, 0.717) is 28.2 Å². The first-order chi connectivity index (χ1) is 12.7. The van der Waals surface area contributed by atoms with E-state index in [1.807, 2.05) is 12.1 Å². The van der Waals surface area contributed by atoms with Crippen molar-refractivity contribution in [2.75, 3.05) is 5.32 Å². The smallest absolute Gasteiger partial charge is 0.248 e. The van der Waals surface area contributed by atoms with E-state index in [9.17, 15) is 0 Å². The Balaban J connectivity index is 1.62. The summed E-state index contributed by atoms with van der Waals surface area (Å²) in [4.78, 5) is 9.58. The molecule has 0 atom stereocenters. The van der Waals surface area contributed by atoms with Crippen LogP contribution in [0.4, 0.5) is 5.95 Å². The highest BCUT2D eigenvalue weighted by Gasteiger charge is 2.14. The molecule has 1 aromatic carbocycles. The van der Waals surface area contributed by atoms with Gasteiger partial charge in [0.25, 0.3) is 0 Å². The summed E-state index contributed by atoms with van der Waals surface area (Å²) in [6.07, 6.45) is 3.56. The average molecular weight is 404 g/mol. The maximum Gasteiger partial charge on any atom is 0.248 e. The van der Waals surface area contributed by atoms with Gasteiger partial charge in [-0.25, -0.2) is 0 Å². The van der Waals surface area contributed by atoms with Gasteiger partial charge in [0.2, 0.25) is 5.95 Å². The van der Waals surface area contributed by atoms with E-state index in [4.69, 9.17) is 23.2 Å². The van der Waals surface area contributed by atoms with E-state index < -0.39 is 0 Å². The molecule has 3 aromatic heterocycles. The molecule has 0 fully saturated rings. The fraction of sp³-hybridized carbons (Fsp3) is 0.0625. The number of anilines is 1. The number of tetrazole rings is 1. The number of aromatic nitrogens is 6. The summed E-state index contributed by atoms with van der Waals surface area (Å²) >= 11 is 13.9. The SMILES string of the molecule is Clc1cccc(-n2nnnc2NCc2cccnc2-c2cncs2)c1Cl. The molecular weight excluding hydrogens is 393 g/mol. The van der Waals surface area contributed by atoms with Crippen LogP contribution in [-0.2, 0) is 6.54 Å². The lowest BCUT2D eigenvalue weighted by atomic mass is 10.2. The third kappa shape index (κ3) is 3.26. The van der Waals surface area contributed by atoms with E-state index in [1.54, 1.807) is 36.1 Å². The normalized spacial score (nSPS) is 10.8. The third-order valence-corrected chi connectivity index (χ3v) is 5.21. The number of benzene rings is 1. The van der Waals surface area contributed by atoms with Crippen molar-refractivity contribution in [1.82, 2.24) is 30.2 Å². The Morgan fingerprint density at radius 3 is 2.92 bits per heavy atom. The molecule has 0 aliphatic heterocycles. The van der Waals surface area contributed by atoms with Gasteiger partial charge in [0.15, 0.2) is 0 Å². The van der Waals surface area contributed by atoms with Crippen LogP contribution in [0.15, 0.2) is 48.2 Å². The van der Waals surface area contributed by atoms with Crippen LogP contribution in [0.1, 0.15) is 5.56 Å². The van der Waals surface area contributed by atoms with Gasteiger partial charge in [-0.15, -0.1) is 11.3 Å². The lowest BCUT2D eigenvalue weighted by Crippen LogP contribution is -2.09. The molecule has 130 valence electrons. The first kappa shape index (κ1) is 16.9. The van der Waals surface area contributed by atoms with Gasteiger partial charge >= 0.3 is 0 Å². The van der Waals surface area contributed by atoms with Crippen molar-refractivity contribution in [3.8, 4) is 16.3 Å². The summed E-state index contributed by atoms with van der Waals surface area (Å²) in [6, 6.07) is 9.18. The summed E-state index contributed by atoms with van der Waals surface area (Å²) < 4.78 is 1.51. The minimum absolute atomic E-state index is 0.385. The Hall–Kier alpha value is -2.55. The van der Waals surface area contributed by atoms with Crippen LogP contribution >= 0.6 is 34.5 Å². The number of thiazole rings is 1. The monoisotopic (exact) mass is 403 g/mol. The second kappa shape index (κ2) is 7.36. The largest absolute Gasteiger partial charge is 0.349 e. The van der Waals surface area contributed by atoms with Crippen molar-refractivity contribution in [1.29, 1.82) is 0 Å². The Morgan fingerprint density at radius 1 is 1.15 bits per heavy atom. The second-order valence-corrected chi connectivity index (χ2v) is 6.89. The quantitative estimate of drug-likeness (QED) is 0.540. The van der Waals surface area contributed by atoms with Crippen LogP contribution in [0.25, 0.3) is 16.3 Å². The number of nitrogens with one attached hydrogen (secondary N) is 1. The van der Waals surface area contributed by atoms with Crippen LogP contribution < -0.4 is 5.32 Å². The van der Waals surface area contributed by atoms with Crippen LogP contribution in [0, 0.1) is 0 Å². The minimum Gasteiger partial charge on any atom is -0.349 e. The lowest BCUT2D eigenvalue weighted by Gasteiger charge is -2.10. The molecule has 7 nitrogen and oxygen atoms in total. The van der Waals surface area contributed by atoms with Crippen molar-refractivity contribution in [2.24, 2.45) is 0 Å². The molecule has 0 unspecified atom stereocenters. The number of hydrogen-bond donors (Lipinski definition) is 1. The van der Waals surface area contributed by atoms with Crippen molar-refractivity contribution in [3.63, 3.8) is 0 Å². The lowest BCUT2D eigenvalue weighted by molar-refractivity contribution is 0.789. The zero-order valence-corrected chi connectivity index (χ0v) is 15.5. The highest BCUT2D eigenvalue weighted by atomic mass is 35.5. The first-order valence-electron chi connectivity index (χ1n) is 7.53. The van der Waals surface area contributed by atoms with Crippen molar-refractivity contribution in [3.05, 3.63) is 63.8 Å². The molecular formula is C16H11Cl2N7S. The maximum absolute atomic E-state index is 6.27. The van der Waals surface area contributed by atoms with Gasteiger partial charge in [-0.1, -0.05) is 40.4 Å². The Kier molecular flexibility index (Phi) is 4.79. The van der Waals surface area contributed by atoms with Crippen molar-refractivity contribution < 1.29 is 0 Å². The predicted molar refractivity (Wildman–Crippen MR) is 102 cm³/mol. The molecule has 0 saturated carbocycles. The highest BCUT2D eigenvalue weighted by Crippen LogP contribution is 2.29. The highest BCUT2D eigenvalue weighted by molar-refractivity contribution is 7.13. The number of pyridine rings is 1. The number of halogens is 2. The van der Waals surface area contributed by atoms with Gasteiger partial charge in [0.1, 0.15) is 0 Å². The molecule has 10 heteroatoms. The number of rotatable bonds is 5. The number of nitrogens with zero attached hydrogens (tertiary/aromatic N) is 6. The van der Waals surface area contributed by atoms with E-state index in [0.717, 1.165) is 16.1 Å². The summed E-state index contributed by atoms with van der Waals surface area (Å²) in [6.45, 7) is 0.486. The zero-order valence-electron chi connectivity index (χ0n) is 13.2. The van der Waals surface area contributed by atoms with Crippen LogP contribution in [-0.4, -0.2) is 30.2 Å². The fourth-order valence-electron chi connectivity index (χ4n) is 2.43. The molecule has 0 saturated heterocycles. The van der Waals surface area contributed by atoms with E-state index in [-0.39, 0.29) is 0 Å². The maximum atomic E-state index is 6.27. The van der Waals surface area contributed by atoms with Gasteiger partial charge in [-0.05, 0) is 34.2 Å². The summed E-state index contributed by atoms with van der Waals surface area (Å²) in [5, 5.41) is 15.8. The minimum atomic E-state index is 0.385. The summed E-state index contributed by atoms with van der Waals surface area (Å²) in [5.41, 5.74) is 4.26.